The fourth-order valence-corrected chi connectivity index (χ4v) is 21.0. The smallest absolute Gasteiger partial charge is 0.316 e. The Morgan fingerprint density at radius 3 is 1.22 bits per heavy atom. The van der Waals surface area contributed by atoms with Gasteiger partial charge in [-0.3, -0.25) is 9.59 Å². The molecule has 1 unspecified atom stereocenters. The Bertz CT molecular complexity index is 3920. The van der Waals surface area contributed by atoms with Gasteiger partial charge in [-0.1, -0.05) is 135 Å². The highest BCUT2D eigenvalue weighted by Crippen LogP contribution is 2.51. The van der Waals surface area contributed by atoms with E-state index in [1.54, 1.807) is 80.4 Å². The number of carbonyl (C=O) groups excluding carboxylic acids is 2. The van der Waals surface area contributed by atoms with Crippen molar-refractivity contribution in [3.63, 3.8) is 0 Å². The number of hydrogen-bond acceptors (Lipinski definition) is 28. The largest absolute Gasteiger partial charge is 0.462 e. The standard InChI is InChI=1S/C48H72O14.C47H70O14/c1-11-25(2)43-28(5)17-18-47(62-43)23-34-20-33(61-47)16-15-27(4)42(26(3)13-12-14-32-24-55-45-40(49)29(6)19-35(46(51)58-34)48(32,45)52)59-39-22-37(54-10)44(31(8)57-39)60-38-21-36(53-9)41(50)30(7)56-38;1-24(2)41-27(5)16-17-46(61-41)22-33-19-32(60-46)15-14-26(4)42(25(3)12-11-13-31-23-54-44-39(48)28(6)18-34(45(50)57-33)47(31,44)51)58-38-21-36(53-10)43(30(8)56-38)59-37-20-35(52-9)40(49)29(7)55-37/h12-15,17-19,25-26,28,30-31,33-45,49-50,52H,11,16,20-24H2,1-10H3;11-14,16-18,24-25,27,29-30,32-44,48-49,51H,15,19-23H2,1-10H3/b13-12+,27-15+,32-14+;12-11+,26-14+,31-13+/t25?,26-,28-,30-,31-,33+,34-,35-,36-,37-,38-,39-,40+,41-,42-,43+,44-,45+,47+,48+;25-,27-,29-,30-,32+,33-,34-,35-,36-,37-,38-,39+,40-,41+,42-,43-,44+,46+,47+/m00/s1. The van der Waals surface area contributed by atoms with Crippen molar-refractivity contribution < 1.29 is 135 Å². The van der Waals surface area contributed by atoms with Crippen LogP contribution >= 0.6 is 0 Å². The van der Waals surface area contributed by atoms with Crippen LogP contribution in [0.15, 0.2) is 119 Å². The molecule has 0 aromatic rings. The van der Waals surface area contributed by atoms with Crippen molar-refractivity contribution in [2.24, 2.45) is 47.3 Å². The number of methoxy groups -OCH3 is 4. The van der Waals surface area contributed by atoms with Crippen molar-refractivity contribution in [1.82, 2.24) is 0 Å². The number of esters is 2. The summed E-state index contributed by atoms with van der Waals surface area (Å²) in [5, 5.41) is 68.4. The summed E-state index contributed by atoms with van der Waals surface area (Å²) in [4.78, 5) is 28.6. The van der Waals surface area contributed by atoms with Gasteiger partial charge >= 0.3 is 11.9 Å². The Morgan fingerprint density at radius 2 is 0.829 bits per heavy atom. The summed E-state index contributed by atoms with van der Waals surface area (Å²) in [5.74, 6) is -5.18. The van der Waals surface area contributed by atoms with Gasteiger partial charge in [-0.25, -0.2) is 0 Å². The average Bonchev–Trinajstić information content (AvgIpc) is 1.61. The molecule has 0 saturated carbocycles. The molecule has 0 amide bonds. The van der Waals surface area contributed by atoms with E-state index in [-0.39, 0.29) is 85.3 Å². The van der Waals surface area contributed by atoms with Crippen LogP contribution in [0.3, 0.4) is 0 Å². The van der Waals surface area contributed by atoms with Crippen molar-refractivity contribution in [3.8, 4) is 0 Å². The van der Waals surface area contributed by atoms with E-state index in [4.69, 9.17) is 94.7 Å². The quantitative estimate of drug-likeness (QED) is 0.0655. The summed E-state index contributed by atoms with van der Waals surface area (Å²) < 4.78 is 127. The molecule has 2 spiro atoms. The second kappa shape index (κ2) is 40.4. The highest BCUT2D eigenvalue weighted by Gasteiger charge is 2.63. The third kappa shape index (κ3) is 20.6. The highest BCUT2D eigenvalue weighted by molar-refractivity contribution is 5.79. The third-order valence-corrected chi connectivity index (χ3v) is 28.5. The Morgan fingerprint density at radius 1 is 0.455 bits per heavy atom. The van der Waals surface area contributed by atoms with Crippen molar-refractivity contribution in [2.45, 2.75) is 376 Å². The fraction of sp³-hybridized carbons (Fsp3) is 0.768. The van der Waals surface area contributed by atoms with Crippen molar-refractivity contribution in [3.05, 3.63) is 119 Å². The zero-order valence-corrected chi connectivity index (χ0v) is 75.7. The number of aliphatic hydroxyl groups excluding tert-OH is 4. The number of carbonyl (C=O) groups is 2. The number of hydrogen-bond donors (Lipinski definition) is 6. The molecule has 8 saturated heterocycles. The molecule has 2 aliphatic carbocycles. The lowest BCUT2D eigenvalue weighted by molar-refractivity contribution is -0.318. The van der Waals surface area contributed by atoms with Gasteiger partial charge in [-0.2, -0.15) is 0 Å². The Labute approximate surface area is 726 Å². The maximum Gasteiger partial charge on any atom is 0.316 e. The molecule has 0 radical (unpaired) electrons. The molecule has 6 N–H and O–H groups in total. The number of aliphatic hydroxyl groups is 6. The number of allylic oxidation sites excluding steroid dienone is 4. The van der Waals surface area contributed by atoms with Gasteiger partial charge in [-0.05, 0) is 126 Å². The van der Waals surface area contributed by atoms with E-state index in [0.29, 0.717) is 86.5 Å². The molecule has 0 aromatic carbocycles. The minimum absolute atomic E-state index is 0.0313. The summed E-state index contributed by atoms with van der Waals surface area (Å²) in [6.45, 7) is 32.1. The van der Waals surface area contributed by atoms with Gasteiger partial charge in [0.2, 0.25) is 0 Å². The minimum atomic E-state index is -1.84. The van der Waals surface area contributed by atoms with Gasteiger partial charge in [0.25, 0.3) is 0 Å². The number of rotatable bonds is 15. The predicted octanol–water partition coefficient (Wildman–Crippen LogP) is 10.4. The summed E-state index contributed by atoms with van der Waals surface area (Å²) in [5.41, 5.74) is 0.263. The van der Waals surface area contributed by atoms with E-state index in [1.807, 2.05) is 64.2 Å². The van der Waals surface area contributed by atoms with Gasteiger partial charge in [0.15, 0.2) is 36.7 Å². The van der Waals surface area contributed by atoms with Crippen molar-refractivity contribution in [1.29, 1.82) is 0 Å². The fourth-order valence-electron chi connectivity index (χ4n) is 21.0. The Hall–Kier alpha value is -4.62. The van der Waals surface area contributed by atoms with Gasteiger partial charge < -0.3 is 125 Å². The molecule has 4 bridgehead atoms. The number of fused-ring (bicyclic) bond motifs is 4. The zero-order valence-electron chi connectivity index (χ0n) is 75.7. The Balaban J connectivity index is 0.000000212. The maximum atomic E-state index is 14.3. The Kier molecular flexibility index (Phi) is 31.5. The van der Waals surface area contributed by atoms with Crippen LogP contribution in [-0.4, -0.2) is 279 Å². The molecule has 690 valence electrons. The van der Waals surface area contributed by atoms with Crippen LogP contribution in [0.5, 0.6) is 0 Å². The first-order chi connectivity index (χ1) is 58.5. The summed E-state index contributed by atoms with van der Waals surface area (Å²) in [6.07, 6.45) is 16.1. The molecule has 12 heterocycles. The summed E-state index contributed by atoms with van der Waals surface area (Å²) in [6, 6.07) is 0. The molecule has 123 heavy (non-hydrogen) atoms. The van der Waals surface area contributed by atoms with Crippen LogP contribution < -0.4 is 0 Å². The van der Waals surface area contributed by atoms with Crippen LogP contribution in [0, 0.1) is 47.3 Å². The van der Waals surface area contributed by atoms with E-state index in [9.17, 15) is 40.2 Å². The second-order valence-corrected chi connectivity index (χ2v) is 37.8. The van der Waals surface area contributed by atoms with Crippen LogP contribution in [0.1, 0.15) is 181 Å². The lowest BCUT2D eigenvalue weighted by Gasteiger charge is -2.48. The molecule has 39 atom stereocenters. The molecule has 14 rings (SSSR count). The molecular formula is C95H142O28. The highest BCUT2D eigenvalue weighted by atomic mass is 16.8. The van der Waals surface area contributed by atoms with Gasteiger partial charge in [0, 0.05) is 103 Å². The average molecular weight is 1730 g/mol. The van der Waals surface area contributed by atoms with Crippen LogP contribution in [0.25, 0.3) is 0 Å². The summed E-state index contributed by atoms with van der Waals surface area (Å²) in [7, 11) is 6.44. The summed E-state index contributed by atoms with van der Waals surface area (Å²) >= 11 is 0. The first-order valence-electron chi connectivity index (χ1n) is 45.2. The second-order valence-electron chi connectivity index (χ2n) is 37.8. The molecule has 28 nitrogen and oxygen atoms in total. The molecule has 12 aliphatic heterocycles. The van der Waals surface area contributed by atoms with E-state index in [2.05, 4.69) is 79.7 Å². The minimum Gasteiger partial charge on any atom is -0.462 e. The first-order valence-corrected chi connectivity index (χ1v) is 45.2. The third-order valence-electron chi connectivity index (χ3n) is 28.5. The van der Waals surface area contributed by atoms with Crippen molar-refractivity contribution >= 4 is 11.9 Å². The molecule has 28 heteroatoms. The lowest BCUT2D eigenvalue weighted by atomic mass is 9.71. The SMILES string of the molecule is CCC(C)[C@H]1O[C@]2(C=C[C@@H]1C)C[C@@H]1C[C@@H](C/C=C(\C)[C@@H](O[C@H]3C[C@H](OC)[C@@H](O[C@H]4C[C@H](OC)[C@@H](O)[C@H](C)O4)[C@H](C)O3)[C@@H](C)/C=C/C=C3\CO[C@@H]4[C@H](O)C(C)=C[C@@H](C(=O)O1)[C@]34O)O2.CO[C@H]1C[C@H](O[C@H]2[C@H](C)O[C@@H](O[C@@H]3/C(C)=C/C[C@@H]4C[C@@H](C[C@]5(C=C[C@H](C)[C@@H](C(C)C)O5)O4)OC(=O)[C@@H]4C=C(C)[C@@H](O)[C@H]5OC/C(=C\C=C\[C@@H]3C)[C@]54O)C[C@@H]2OC)O[C@@H](C)[C@@H]1O. The van der Waals surface area contributed by atoms with E-state index < -0.39 is 182 Å². The van der Waals surface area contributed by atoms with Crippen molar-refractivity contribution in [2.75, 3.05) is 41.7 Å². The topological polar surface area (TPSA) is 340 Å². The van der Waals surface area contributed by atoms with Crippen LogP contribution in [-0.2, 0) is 104 Å². The van der Waals surface area contributed by atoms with E-state index in [0.717, 1.165) is 17.6 Å². The van der Waals surface area contributed by atoms with Gasteiger partial charge in [-0.15, -0.1) is 0 Å². The lowest BCUT2D eigenvalue weighted by Crippen LogP contribution is -2.58. The molecule has 0 aromatic heterocycles. The van der Waals surface area contributed by atoms with Crippen LogP contribution in [0.4, 0.5) is 0 Å². The normalized spacial score (nSPS) is 49.2. The monoisotopic (exact) mass is 1730 g/mol. The zero-order chi connectivity index (χ0) is 88.6. The number of ether oxygens (including phenoxy) is 20. The van der Waals surface area contributed by atoms with Gasteiger partial charge in [0.05, 0.1) is 98.7 Å². The van der Waals surface area contributed by atoms with Crippen LogP contribution in [0.2, 0.25) is 0 Å². The van der Waals surface area contributed by atoms with E-state index in [1.165, 1.54) is 0 Å². The molecule has 8 fully saturated rings. The molecular weight excluding hydrogens is 1590 g/mol. The first kappa shape index (κ1) is 95.9. The van der Waals surface area contributed by atoms with Gasteiger partial charge in [0.1, 0.15) is 84.1 Å². The predicted molar refractivity (Wildman–Crippen MR) is 450 cm³/mol. The maximum absolute atomic E-state index is 14.3. The van der Waals surface area contributed by atoms with E-state index >= 15 is 0 Å². The molecule has 14 aliphatic rings.